The van der Waals surface area contributed by atoms with Crippen LogP contribution in [-0.4, -0.2) is 24.0 Å². The summed E-state index contributed by atoms with van der Waals surface area (Å²) in [6.45, 7) is 3.86. The van der Waals surface area contributed by atoms with Gasteiger partial charge in [-0.05, 0) is 56.2 Å². The number of benzene rings is 2. The van der Waals surface area contributed by atoms with Crippen molar-refractivity contribution in [2.45, 2.75) is 26.2 Å². The van der Waals surface area contributed by atoms with Crippen LogP contribution in [0.3, 0.4) is 0 Å². The topological polar surface area (TPSA) is 58.4 Å². The summed E-state index contributed by atoms with van der Waals surface area (Å²) in [5.41, 5.74) is 2.99. The number of nitrogens with one attached hydrogen (secondary N) is 1. The first-order chi connectivity index (χ1) is 13.6. The quantitative estimate of drug-likeness (QED) is 0.705. The van der Waals surface area contributed by atoms with Gasteiger partial charge in [-0.25, -0.2) is 9.37 Å². The molecule has 1 amide bonds. The molecule has 5 nitrogen and oxygen atoms in total. The van der Waals surface area contributed by atoms with Gasteiger partial charge in [0.15, 0.2) is 0 Å². The zero-order chi connectivity index (χ0) is 19.5. The smallest absolute Gasteiger partial charge is 0.230 e. The lowest BCUT2D eigenvalue weighted by Crippen LogP contribution is -2.18. The number of aryl methyl sites for hydroxylation is 1. The van der Waals surface area contributed by atoms with Crippen LogP contribution in [0.5, 0.6) is 0 Å². The highest BCUT2D eigenvalue weighted by Crippen LogP contribution is 2.25. The number of hydrogen-bond acceptors (Lipinski definition) is 4. The first kappa shape index (κ1) is 18.2. The van der Waals surface area contributed by atoms with E-state index in [1.54, 1.807) is 19.1 Å². The van der Waals surface area contributed by atoms with Gasteiger partial charge >= 0.3 is 0 Å². The van der Waals surface area contributed by atoms with E-state index in [1.165, 1.54) is 25.0 Å². The Hall–Kier alpha value is -3.15. The van der Waals surface area contributed by atoms with Gasteiger partial charge < -0.3 is 14.6 Å². The van der Waals surface area contributed by atoms with Crippen molar-refractivity contribution in [3.63, 3.8) is 0 Å². The minimum absolute atomic E-state index is 0.0958. The summed E-state index contributed by atoms with van der Waals surface area (Å²) in [6.07, 6.45) is 2.50. The Morgan fingerprint density at radius 2 is 1.96 bits per heavy atom. The Labute approximate surface area is 163 Å². The molecule has 1 N–H and O–H groups in total. The second kappa shape index (κ2) is 7.84. The number of oxazole rings is 1. The summed E-state index contributed by atoms with van der Waals surface area (Å²) >= 11 is 0. The molecule has 4 rings (SSSR count). The predicted molar refractivity (Wildman–Crippen MR) is 107 cm³/mol. The predicted octanol–water partition coefficient (Wildman–Crippen LogP) is 4.57. The standard InChI is InChI=1S/C22H22FN3O2/c1-15-20(25-22(28-15)16-6-4-7-17(23)12-16)14-21(27)24-18-8-5-9-19(13-18)26-10-2-3-11-26/h4-9,12-13H,2-3,10-11,14H2,1H3,(H,24,27). The summed E-state index contributed by atoms with van der Waals surface area (Å²) in [5, 5.41) is 2.93. The van der Waals surface area contributed by atoms with Crippen LogP contribution < -0.4 is 10.2 Å². The highest BCUT2D eigenvalue weighted by molar-refractivity contribution is 5.92. The average Bonchev–Trinajstić information content (AvgIpc) is 3.33. The molecule has 1 aromatic heterocycles. The zero-order valence-corrected chi connectivity index (χ0v) is 15.7. The molecule has 0 aliphatic carbocycles. The second-order valence-corrected chi connectivity index (χ2v) is 7.00. The maximum Gasteiger partial charge on any atom is 0.230 e. The fraction of sp³-hybridized carbons (Fsp3) is 0.273. The largest absolute Gasteiger partial charge is 0.441 e. The first-order valence-electron chi connectivity index (χ1n) is 9.45. The molecule has 0 radical (unpaired) electrons. The molecular formula is C22H22FN3O2. The van der Waals surface area contributed by atoms with Crippen molar-refractivity contribution < 1.29 is 13.6 Å². The number of aromatic nitrogens is 1. The fourth-order valence-corrected chi connectivity index (χ4v) is 3.45. The SMILES string of the molecule is Cc1oc(-c2cccc(F)c2)nc1CC(=O)Nc1cccc(N2CCCC2)c1. The lowest BCUT2D eigenvalue weighted by atomic mass is 10.2. The third kappa shape index (κ3) is 4.06. The van der Waals surface area contributed by atoms with E-state index < -0.39 is 0 Å². The van der Waals surface area contributed by atoms with Crippen molar-refractivity contribution in [2.24, 2.45) is 0 Å². The molecule has 1 fully saturated rings. The Kier molecular flexibility index (Phi) is 5.10. The van der Waals surface area contributed by atoms with Crippen molar-refractivity contribution in [1.29, 1.82) is 0 Å². The van der Waals surface area contributed by atoms with Crippen LogP contribution in [0.15, 0.2) is 52.9 Å². The molecule has 144 valence electrons. The van der Waals surface area contributed by atoms with Crippen LogP contribution in [0, 0.1) is 12.7 Å². The molecule has 3 aromatic rings. The third-order valence-corrected chi connectivity index (χ3v) is 4.89. The second-order valence-electron chi connectivity index (χ2n) is 7.00. The molecule has 0 saturated carbocycles. The molecule has 1 aliphatic rings. The lowest BCUT2D eigenvalue weighted by Gasteiger charge is -2.18. The summed E-state index contributed by atoms with van der Waals surface area (Å²) in [4.78, 5) is 19.2. The number of anilines is 2. The van der Waals surface area contributed by atoms with Gasteiger partial charge in [-0.15, -0.1) is 0 Å². The number of hydrogen-bond donors (Lipinski definition) is 1. The van der Waals surface area contributed by atoms with Gasteiger partial charge in [0.25, 0.3) is 0 Å². The van der Waals surface area contributed by atoms with Gasteiger partial charge in [0.1, 0.15) is 11.6 Å². The number of rotatable bonds is 5. The van der Waals surface area contributed by atoms with Crippen molar-refractivity contribution in [3.8, 4) is 11.5 Å². The van der Waals surface area contributed by atoms with E-state index >= 15 is 0 Å². The van der Waals surface area contributed by atoms with Gasteiger partial charge in [0, 0.05) is 30.0 Å². The number of nitrogens with zero attached hydrogens (tertiary/aromatic N) is 2. The number of carbonyl (C=O) groups is 1. The monoisotopic (exact) mass is 379 g/mol. The number of amides is 1. The summed E-state index contributed by atoms with van der Waals surface area (Å²) in [6, 6.07) is 13.9. The van der Waals surface area contributed by atoms with Crippen molar-refractivity contribution in [1.82, 2.24) is 4.98 Å². The molecule has 2 aromatic carbocycles. The van der Waals surface area contributed by atoms with Crippen molar-refractivity contribution in [3.05, 3.63) is 65.8 Å². The van der Waals surface area contributed by atoms with E-state index in [0.717, 1.165) is 24.5 Å². The van der Waals surface area contributed by atoms with Crippen LogP contribution in [-0.2, 0) is 11.2 Å². The molecule has 1 aliphatic heterocycles. The molecule has 6 heteroatoms. The Bertz CT molecular complexity index is 993. The molecule has 2 heterocycles. The van der Waals surface area contributed by atoms with Crippen LogP contribution in [0.4, 0.5) is 15.8 Å². The summed E-state index contributed by atoms with van der Waals surface area (Å²) < 4.78 is 19.0. The lowest BCUT2D eigenvalue weighted by molar-refractivity contribution is -0.115. The van der Waals surface area contributed by atoms with E-state index in [0.29, 0.717) is 22.9 Å². The highest BCUT2D eigenvalue weighted by Gasteiger charge is 2.16. The van der Waals surface area contributed by atoms with E-state index in [9.17, 15) is 9.18 Å². The summed E-state index contributed by atoms with van der Waals surface area (Å²) in [7, 11) is 0. The van der Waals surface area contributed by atoms with Crippen LogP contribution in [0.1, 0.15) is 24.3 Å². The third-order valence-electron chi connectivity index (χ3n) is 4.89. The molecule has 1 saturated heterocycles. The van der Waals surface area contributed by atoms with Gasteiger partial charge in [-0.3, -0.25) is 4.79 Å². The molecule has 0 atom stereocenters. The van der Waals surface area contributed by atoms with Crippen molar-refractivity contribution >= 4 is 17.3 Å². The summed E-state index contributed by atoms with van der Waals surface area (Å²) in [5.74, 6) is 0.349. The molecule has 0 bridgehead atoms. The van der Waals surface area contributed by atoms with Gasteiger partial charge in [0.2, 0.25) is 11.8 Å². The average molecular weight is 379 g/mol. The minimum atomic E-state index is -0.356. The normalized spacial score (nSPS) is 13.7. The minimum Gasteiger partial charge on any atom is -0.441 e. The molecule has 0 unspecified atom stereocenters. The first-order valence-corrected chi connectivity index (χ1v) is 9.45. The Morgan fingerprint density at radius 1 is 1.18 bits per heavy atom. The van der Waals surface area contributed by atoms with E-state index in [4.69, 9.17) is 4.42 Å². The van der Waals surface area contributed by atoms with Crippen LogP contribution in [0.2, 0.25) is 0 Å². The zero-order valence-electron chi connectivity index (χ0n) is 15.7. The van der Waals surface area contributed by atoms with Gasteiger partial charge in [-0.1, -0.05) is 12.1 Å². The maximum atomic E-state index is 13.4. The van der Waals surface area contributed by atoms with Crippen LogP contribution >= 0.6 is 0 Å². The maximum absolute atomic E-state index is 13.4. The van der Waals surface area contributed by atoms with Gasteiger partial charge in [-0.2, -0.15) is 0 Å². The molecule has 0 spiro atoms. The molecular weight excluding hydrogens is 357 g/mol. The Morgan fingerprint density at radius 3 is 2.75 bits per heavy atom. The van der Waals surface area contributed by atoms with E-state index in [-0.39, 0.29) is 18.1 Å². The fourth-order valence-electron chi connectivity index (χ4n) is 3.45. The van der Waals surface area contributed by atoms with Gasteiger partial charge in [0.05, 0.1) is 12.1 Å². The highest BCUT2D eigenvalue weighted by atomic mass is 19.1. The van der Waals surface area contributed by atoms with E-state index in [2.05, 4.69) is 21.3 Å². The molecule has 28 heavy (non-hydrogen) atoms. The van der Waals surface area contributed by atoms with Crippen molar-refractivity contribution in [2.75, 3.05) is 23.3 Å². The van der Waals surface area contributed by atoms with Crippen LogP contribution in [0.25, 0.3) is 11.5 Å². The van der Waals surface area contributed by atoms with E-state index in [1.807, 2.05) is 18.2 Å². The number of carbonyl (C=O) groups excluding carboxylic acids is 1. The number of halogens is 1. The Balaban J connectivity index is 1.45.